The van der Waals surface area contributed by atoms with E-state index in [0.717, 1.165) is 18.4 Å². The van der Waals surface area contributed by atoms with Crippen LogP contribution in [0, 0.1) is 5.41 Å². The number of rotatable bonds is 2. The fraction of sp³-hybridized carbons (Fsp3) is 0.333. The van der Waals surface area contributed by atoms with E-state index in [9.17, 15) is 0 Å². The van der Waals surface area contributed by atoms with E-state index in [1.807, 2.05) is 6.08 Å². The van der Waals surface area contributed by atoms with E-state index >= 15 is 0 Å². The second-order valence-electron chi connectivity index (χ2n) is 2.54. The van der Waals surface area contributed by atoms with E-state index in [4.69, 9.17) is 5.41 Å². The lowest BCUT2D eigenvalue weighted by Gasteiger charge is -2.07. The predicted octanol–water partition coefficient (Wildman–Crippen LogP) is 1.98. The summed E-state index contributed by atoms with van der Waals surface area (Å²) in [5.74, 6) is 0. The zero-order valence-corrected chi connectivity index (χ0v) is 6.46. The number of aliphatic imine (C=N–C) groups is 1. The average Bonchev–Trinajstić information content (AvgIpc) is 2.30. The number of hydrogen-bond acceptors (Lipinski definition) is 2. The summed E-state index contributed by atoms with van der Waals surface area (Å²) in [7, 11) is 0. The number of nitrogens with one attached hydrogen (secondary N) is 1. The lowest BCUT2D eigenvalue weighted by atomic mass is 10.1. The first-order valence-electron chi connectivity index (χ1n) is 3.72. The van der Waals surface area contributed by atoms with Crippen LogP contribution in [-0.2, 0) is 0 Å². The fourth-order valence-corrected chi connectivity index (χ4v) is 1.02. The smallest absolute Gasteiger partial charge is 0.0760 e. The van der Waals surface area contributed by atoms with Crippen molar-refractivity contribution in [3.8, 4) is 0 Å². The van der Waals surface area contributed by atoms with Crippen molar-refractivity contribution in [2.24, 2.45) is 4.99 Å². The Kier molecular flexibility index (Phi) is 2.78. The molecular weight excluding hydrogens is 136 g/mol. The van der Waals surface area contributed by atoms with E-state index in [-0.39, 0.29) is 6.04 Å². The molecule has 1 rings (SSSR count). The molecule has 0 aromatic carbocycles. The molecule has 1 atom stereocenters. The van der Waals surface area contributed by atoms with Gasteiger partial charge in [0.1, 0.15) is 0 Å². The summed E-state index contributed by atoms with van der Waals surface area (Å²) in [6, 6.07) is 0.127. The van der Waals surface area contributed by atoms with E-state index < -0.39 is 0 Å². The quantitative estimate of drug-likeness (QED) is 0.581. The first-order valence-corrected chi connectivity index (χ1v) is 3.72. The van der Waals surface area contributed by atoms with Crippen LogP contribution < -0.4 is 0 Å². The molecule has 0 spiro atoms. The predicted molar refractivity (Wildman–Crippen MR) is 48.6 cm³/mol. The van der Waals surface area contributed by atoms with E-state index in [1.54, 1.807) is 6.21 Å². The van der Waals surface area contributed by atoms with E-state index in [0.29, 0.717) is 0 Å². The van der Waals surface area contributed by atoms with Gasteiger partial charge in [-0.05, 0) is 24.5 Å². The highest BCUT2D eigenvalue weighted by molar-refractivity contribution is 5.78. The van der Waals surface area contributed by atoms with Crippen LogP contribution in [0.15, 0.2) is 29.3 Å². The van der Waals surface area contributed by atoms with Gasteiger partial charge in [0.25, 0.3) is 0 Å². The molecule has 1 aliphatic rings. The minimum absolute atomic E-state index is 0.127. The fourth-order valence-electron chi connectivity index (χ4n) is 1.02. The van der Waals surface area contributed by atoms with Gasteiger partial charge in [-0.1, -0.05) is 12.7 Å². The third-order valence-corrected chi connectivity index (χ3v) is 1.71. The maximum atomic E-state index is 7.00. The Morgan fingerprint density at radius 1 is 1.73 bits per heavy atom. The van der Waals surface area contributed by atoms with Gasteiger partial charge in [-0.3, -0.25) is 4.99 Å². The molecule has 1 N–H and O–H groups in total. The minimum atomic E-state index is 0.127. The molecule has 0 saturated heterocycles. The molecule has 0 fully saturated rings. The van der Waals surface area contributed by atoms with E-state index in [1.165, 1.54) is 6.21 Å². The highest BCUT2D eigenvalue weighted by atomic mass is 14.8. The molecule has 0 amide bonds. The van der Waals surface area contributed by atoms with Crippen LogP contribution in [0.1, 0.15) is 12.8 Å². The maximum Gasteiger partial charge on any atom is 0.0760 e. The molecule has 0 aromatic heterocycles. The molecule has 0 aromatic rings. The largest absolute Gasteiger partial charge is 0.308 e. The van der Waals surface area contributed by atoms with Crippen molar-refractivity contribution in [1.29, 1.82) is 5.41 Å². The summed E-state index contributed by atoms with van der Waals surface area (Å²) in [6.07, 6.45) is 9.09. The molecule has 0 radical (unpaired) electrons. The number of allylic oxidation sites excluding steroid dienone is 2. The van der Waals surface area contributed by atoms with Crippen LogP contribution in [0.5, 0.6) is 0 Å². The molecule has 0 aliphatic carbocycles. The summed E-state index contributed by atoms with van der Waals surface area (Å²) in [6.45, 7) is 3.75. The van der Waals surface area contributed by atoms with Crippen molar-refractivity contribution in [3.63, 3.8) is 0 Å². The molecule has 1 heterocycles. The second kappa shape index (κ2) is 3.86. The van der Waals surface area contributed by atoms with Crippen LogP contribution in [0.3, 0.4) is 0 Å². The van der Waals surface area contributed by atoms with Crippen molar-refractivity contribution in [2.75, 3.05) is 0 Å². The minimum Gasteiger partial charge on any atom is -0.308 e. The van der Waals surface area contributed by atoms with Crippen LogP contribution in [0.2, 0.25) is 0 Å². The van der Waals surface area contributed by atoms with Gasteiger partial charge in [0.2, 0.25) is 0 Å². The Bertz CT molecular complexity index is 214. The third-order valence-electron chi connectivity index (χ3n) is 1.71. The molecular formula is C9H12N2. The topological polar surface area (TPSA) is 36.2 Å². The van der Waals surface area contributed by atoms with Gasteiger partial charge in [0, 0.05) is 12.4 Å². The van der Waals surface area contributed by atoms with Crippen molar-refractivity contribution in [3.05, 3.63) is 24.3 Å². The van der Waals surface area contributed by atoms with Gasteiger partial charge in [-0.2, -0.15) is 0 Å². The summed E-state index contributed by atoms with van der Waals surface area (Å²) in [5, 5.41) is 7.00. The zero-order valence-electron chi connectivity index (χ0n) is 6.46. The normalized spacial score (nSPS) is 22.7. The molecule has 0 bridgehead atoms. The van der Waals surface area contributed by atoms with Gasteiger partial charge in [-0.25, -0.2) is 0 Å². The maximum absolute atomic E-state index is 7.00. The van der Waals surface area contributed by atoms with Crippen LogP contribution in [0.4, 0.5) is 0 Å². The van der Waals surface area contributed by atoms with Gasteiger partial charge >= 0.3 is 0 Å². The molecule has 2 heteroatoms. The summed E-state index contributed by atoms with van der Waals surface area (Å²) < 4.78 is 0. The SMILES string of the molecule is C=C(C=N)C1CCC=CC=N1. The molecule has 2 nitrogen and oxygen atoms in total. The second-order valence-corrected chi connectivity index (χ2v) is 2.54. The molecule has 58 valence electrons. The van der Waals surface area contributed by atoms with Gasteiger partial charge < -0.3 is 5.41 Å². The Labute approximate surface area is 66.9 Å². The Balaban J connectivity index is 2.60. The van der Waals surface area contributed by atoms with Crippen molar-refractivity contribution >= 4 is 12.4 Å². The lowest BCUT2D eigenvalue weighted by Crippen LogP contribution is -2.07. The monoisotopic (exact) mass is 148 g/mol. The van der Waals surface area contributed by atoms with Crippen LogP contribution >= 0.6 is 0 Å². The van der Waals surface area contributed by atoms with Crippen LogP contribution in [-0.4, -0.2) is 18.5 Å². The van der Waals surface area contributed by atoms with Gasteiger partial charge in [0.05, 0.1) is 6.04 Å². The first kappa shape index (κ1) is 7.92. The van der Waals surface area contributed by atoms with Crippen molar-refractivity contribution in [1.82, 2.24) is 0 Å². The van der Waals surface area contributed by atoms with Crippen molar-refractivity contribution in [2.45, 2.75) is 18.9 Å². The molecule has 11 heavy (non-hydrogen) atoms. The van der Waals surface area contributed by atoms with E-state index in [2.05, 4.69) is 17.6 Å². The lowest BCUT2D eigenvalue weighted by molar-refractivity contribution is 0.731. The average molecular weight is 148 g/mol. The first-order chi connectivity index (χ1) is 5.34. The number of hydrogen-bond donors (Lipinski definition) is 1. The molecule has 0 saturated carbocycles. The Hall–Kier alpha value is -1.18. The summed E-state index contributed by atoms with van der Waals surface area (Å²) in [4.78, 5) is 4.23. The van der Waals surface area contributed by atoms with Gasteiger partial charge in [0.15, 0.2) is 0 Å². The van der Waals surface area contributed by atoms with Gasteiger partial charge in [-0.15, -0.1) is 0 Å². The highest BCUT2D eigenvalue weighted by Crippen LogP contribution is 2.11. The summed E-state index contributed by atoms with van der Waals surface area (Å²) >= 11 is 0. The third kappa shape index (κ3) is 2.15. The molecule has 1 unspecified atom stereocenters. The Morgan fingerprint density at radius 3 is 3.27 bits per heavy atom. The van der Waals surface area contributed by atoms with Crippen LogP contribution in [0.25, 0.3) is 0 Å². The zero-order chi connectivity index (χ0) is 8.10. The standard InChI is InChI=1S/C9H12N2/c1-8(7-10)9-5-3-2-4-6-11-9/h2,4,6-7,9-10H,1,3,5H2. The highest BCUT2D eigenvalue weighted by Gasteiger charge is 2.07. The summed E-state index contributed by atoms with van der Waals surface area (Å²) in [5.41, 5.74) is 0.796. The Morgan fingerprint density at radius 2 is 2.55 bits per heavy atom. The van der Waals surface area contributed by atoms with Crippen molar-refractivity contribution < 1.29 is 0 Å². The number of nitrogens with zero attached hydrogens (tertiary/aromatic N) is 1. The molecule has 1 aliphatic heterocycles.